The number of epoxide rings is 2. The van der Waals surface area contributed by atoms with E-state index in [1.807, 2.05) is 0 Å². The van der Waals surface area contributed by atoms with E-state index < -0.39 is 0 Å². The van der Waals surface area contributed by atoms with Crippen LogP contribution in [0.4, 0.5) is 0 Å². The molecule has 0 saturated carbocycles. The minimum absolute atomic E-state index is 0.243. The molecule has 2 heterocycles. The molecule has 0 aliphatic carbocycles. The molecule has 2 atom stereocenters. The summed E-state index contributed by atoms with van der Waals surface area (Å²) in [5.41, 5.74) is 0. The van der Waals surface area contributed by atoms with Crippen LogP contribution in [0.2, 0.25) is 0 Å². The van der Waals surface area contributed by atoms with Crippen molar-refractivity contribution in [3.63, 3.8) is 0 Å². The summed E-state index contributed by atoms with van der Waals surface area (Å²) < 4.78 is 19.9. The number of esters is 1. The van der Waals surface area contributed by atoms with Crippen molar-refractivity contribution in [2.24, 2.45) is 0 Å². The molecule has 122 valence electrons. The fourth-order valence-corrected chi connectivity index (χ4v) is 1.46. The number of ether oxygens (including phenoxy) is 4. The highest BCUT2D eigenvalue weighted by molar-refractivity contribution is 5.81. The summed E-state index contributed by atoms with van der Waals surface area (Å²) in [6.45, 7) is 7.24. The van der Waals surface area contributed by atoms with Crippen molar-refractivity contribution in [3.05, 3.63) is 12.7 Å². The summed E-state index contributed by atoms with van der Waals surface area (Å²) in [6.07, 6.45) is 5.61. The number of aliphatic hydroxyl groups excluding tert-OH is 1. The molecule has 1 N–H and O–H groups in total. The van der Waals surface area contributed by atoms with E-state index in [-0.39, 0.29) is 12.6 Å². The summed E-state index contributed by atoms with van der Waals surface area (Å²) in [5, 5.41) is 8.45. The summed E-state index contributed by atoms with van der Waals surface area (Å²) in [5.74, 6) is -0.364. The van der Waals surface area contributed by atoms with E-state index >= 15 is 0 Å². The van der Waals surface area contributed by atoms with E-state index in [1.165, 1.54) is 0 Å². The molecule has 2 aliphatic rings. The zero-order chi connectivity index (χ0) is 15.3. The molecule has 21 heavy (non-hydrogen) atoms. The number of carbonyl (C=O) groups excluding carboxylic acids is 1. The van der Waals surface area contributed by atoms with Crippen LogP contribution in [0.15, 0.2) is 12.7 Å². The topological polar surface area (TPSA) is 80.8 Å². The SMILES string of the molecule is C(OCC1CO1)C1CO1.C=CC(=O)OCCCCCCO. The quantitative estimate of drug-likeness (QED) is 0.266. The molecule has 2 saturated heterocycles. The Morgan fingerprint density at radius 1 is 1.14 bits per heavy atom. The monoisotopic (exact) mass is 302 g/mol. The predicted molar refractivity (Wildman–Crippen MR) is 77.0 cm³/mol. The maximum atomic E-state index is 10.5. The number of carbonyl (C=O) groups is 1. The average Bonchev–Trinajstić information content (AvgIpc) is 3.37. The minimum Gasteiger partial charge on any atom is -0.463 e. The Balaban J connectivity index is 0.000000216. The van der Waals surface area contributed by atoms with Crippen LogP contribution in [-0.2, 0) is 23.7 Å². The highest BCUT2D eigenvalue weighted by Crippen LogP contribution is 2.12. The summed E-state index contributed by atoms with van der Waals surface area (Å²) in [6, 6.07) is 0. The standard InChI is InChI=1S/C9H16O3.C6H10O3/c1-2-9(11)12-8-6-4-3-5-7-10;1(5-3-8-5)7-2-6-4-9-6/h2,10H,1,3-8H2;5-6H,1-4H2. The largest absolute Gasteiger partial charge is 0.463 e. The lowest BCUT2D eigenvalue weighted by molar-refractivity contribution is -0.137. The van der Waals surface area contributed by atoms with Crippen LogP contribution >= 0.6 is 0 Å². The van der Waals surface area contributed by atoms with Crippen molar-refractivity contribution < 1.29 is 28.8 Å². The van der Waals surface area contributed by atoms with Crippen molar-refractivity contribution in [3.8, 4) is 0 Å². The second kappa shape index (κ2) is 11.7. The first-order valence-corrected chi connectivity index (χ1v) is 7.47. The molecule has 2 aliphatic heterocycles. The van der Waals surface area contributed by atoms with Crippen molar-refractivity contribution >= 4 is 5.97 Å². The number of aliphatic hydroxyl groups is 1. The van der Waals surface area contributed by atoms with Gasteiger partial charge in [0.15, 0.2) is 0 Å². The van der Waals surface area contributed by atoms with Gasteiger partial charge in [-0.15, -0.1) is 0 Å². The zero-order valence-electron chi connectivity index (χ0n) is 12.5. The van der Waals surface area contributed by atoms with Crippen molar-refractivity contribution in [2.75, 3.05) is 39.6 Å². The summed E-state index contributed by atoms with van der Waals surface area (Å²) in [7, 11) is 0. The fourth-order valence-electron chi connectivity index (χ4n) is 1.46. The zero-order valence-corrected chi connectivity index (χ0v) is 12.5. The average molecular weight is 302 g/mol. The van der Waals surface area contributed by atoms with E-state index in [1.54, 1.807) is 0 Å². The van der Waals surface area contributed by atoms with Gasteiger partial charge in [-0.25, -0.2) is 4.79 Å². The highest BCUT2D eigenvalue weighted by Gasteiger charge is 2.26. The van der Waals surface area contributed by atoms with Crippen molar-refractivity contribution in [2.45, 2.75) is 37.9 Å². The molecule has 0 aromatic heterocycles. The van der Waals surface area contributed by atoms with Crippen LogP contribution < -0.4 is 0 Å². The van der Waals surface area contributed by atoms with Gasteiger partial charge in [0.1, 0.15) is 12.2 Å². The molecule has 0 spiro atoms. The summed E-state index contributed by atoms with van der Waals surface area (Å²) in [4.78, 5) is 10.5. The van der Waals surface area contributed by atoms with E-state index in [0.29, 0.717) is 18.8 Å². The van der Waals surface area contributed by atoms with Gasteiger partial charge in [0.05, 0.1) is 33.0 Å². The number of hydrogen-bond acceptors (Lipinski definition) is 6. The molecular weight excluding hydrogens is 276 g/mol. The van der Waals surface area contributed by atoms with Crippen LogP contribution in [0.3, 0.4) is 0 Å². The van der Waals surface area contributed by atoms with Gasteiger partial charge < -0.3 is 24.1 Å². The molecule has 2 unspecified atom stereocenters. The van der Waals surface area contributed by atoms with Crippen LogP contribution in [0.25, 0.3) is 0 Å². The van der Waals surface area contributed by atoms with Crippen LogP contribution in [-0.4, -0.2) is 62.9 Å². The van der Waals surface area contributed by atoms with Gasteiger partial charge in [0.25, 0.3) is 0 Å². The van der Waals surface area contributed by atoms with E-state index in [2.05, 4.69) is 6.58 Å². The molecule has 0 aromatic carbocycles. The number of rotatable bonds is 11. The molecule has 0 amide bonds. The van der Waals surface area contributed by atoms with Gasteiger partial charge in [-0.3, -0.25) is 0 Å². The molecule has 2 fully saturated rings. The number of unbranched alkanes of at least 4 members (excludes halogenated alkanes) is 3. The van der Waals surface area contributed by atoms with Gasteiger partial charge in [0, 0.05) is 12.7 Å². The minimum atomic E-state index is -0.364. The lowest BCUT2D eigenvalue weighted by atomic mass is 10.2. The molecule has 0 aromatic rings. The lowest BCUT2D eigenvalue weighted by Crippen LogP contribution is -2.06. The Labute approximate surface area is 126 Å². The van der Waals surface area contributed by atoms with E-state index in [9.17, 15) is 4.79 Å². The lowest BCUT2D eigenvalue weighted by Gasteiger charge is -2.00. The van der Waals surface area contributed by atoms with Gasteiger partial charge in [-0.05, 0) is 19.3 Å². The Bertz CT molecular complexity index is 274. The molecule has 6 heteroatoms. The maximum Gasteiger partial charge on any atom is 0.330 e. The Hall–Kier alpha value is -0.950. The molecule has 0 radical (unpaired) electrons. The molecule has 0 bridgehead atoms. The Kier molecular flexibility index (Phi) is 10.1. The summed E-state index contributed by atoms with van der Waals surface area (Å²) >= 11 is 0. The second-order valence-electron chi connectivity index (χ2n) is 4.96. The fraction of sp³-hybridized carbons (Fsp3) is 0.800. The normalized spacial score (nSPS) is 22.0. The van der Waals surface area contributed by atoms with Gasteiger partial charge in [0.2, 0.25) is 0 Å². The van der Waals surface area contributed by atoms with Gasteiger partial charge >= 0.3 is 5.97 Å². The van der Waals surface area contributed by atoms with Crippen LogP contribution in [0.1, 0.15) is 25.7 Å². The maximum absolute atomic E-state index is 10.5. The predicted octanol–water partition coefficient (Wildman–Crippen LogP) is 1.07. The Morgan fingerprint density at radius 3 is 2.19 bits per heavy atom. The Morgan fingerprint density at radius 2 is 1.71 bits per heavy atom. The van der Waals surface area contributed by atoms with E-state index in [4.69, 9.17) is 24.1 Å². The van der Waals surface area contributed by atoms with E-state index in [0.717, 1.165) is 58.2 Å². The molecule has 6 nitrogen and oxygen atoms in total. The first-order chi connectivity index (χ1) is 10.3. The smallest absolute Gasteiger partial charge is 0.330 e. The van der Waals surface area contributed by atoms with Gasteiger partial charge in [-0.1, -0.05) is 13.0 Å². The first-order valence-electron chi connectivity index (χ1n) is 7.47. The highest BCUT2D eigenvalue weighted by atomic mass is 16.6. The molecule has 2 rings (SSSR count). The third-order valence-electron chi connectivity index (χ3n) is 2.88. The first kappa shape index (κ1) is 18.1. The van der Waals surface area contributed by atoms with Crippen LogP contribution in [0.5, 0.6) is 0 Å². The van der Waals surface area contributed by atoms with Gasteiger partial charge in [-0.2, -0.15) is 0 Å². The molecular formula is C15H26O6. The van der Waals surface area contributed by atoms with Crippen molar-refractivity contribution in [1.29, 1.82) is 0 Å². The third kappa shape index (κ3) is 12.5. The number of hydrogen-bond donors (Lipinski definition) is 1. The third-order valence-corrected chi connectivity index (χ3v) is 2.88. The second-order valence-corrected chi connectivity index (χ2v) is 4.96. The van der Waals surface area contributed by atoms with Crippen molar-refractivity contribution in [1.82, 2.24) is 0 Å². The van der Waals surface area contributed by atoms with Crippen LogP contribution in [0, 0.1) is 0 Å².